The molecule has 2 rings (SSSR count). The van der Waals surface area contributed by atoms with Crippen LogP contribution in [-0.2, 0) is 0 Å². The fraction of sp³-hybridized carbons (Fsp3) is 1.00. The molecule has 1 N–H and O–H groups in total. The first-order chi connectivity index (χ1) is 7.79. The normalized spacial score (nSPS) is 34.8. The monoisotopic (exact) mass is 237 g/mol. The summed E-state index contributed by atoms with van der Waals surface area (Å²) in [5, 5.41) is 3.61. The Balaban J connectivity index is 2.27. The fourth-order valence-corrected chi connectivity index (χ4v) is 5.47. The van der Waals surface area contributed by atoms with Gasteiger partial charge in [-0.2, -0.15) is 0 Å². The number of rotatable bonds is 1. The molecule has 0 aromatic heterocycles. The second-order valence-electron chi connectivity index (χ2n) is 8.28. The van der Waals surface area contributed by atoms with Gasteiger partial charge in [0.2, 0.25) is 0 Å². The van der Waals surface area contributed by atoms with Crippen LogP contribution in [0.1, 0.15) is 66.7 Å². The van der Waals surface area contributed by atoms with E-state index in [-0.39, 0.29) is 0 Å². The maximum Gasteiger partial charge on any atom is -0.00153 e. The minimum Gasteiger partial charge on any atom is -0.316 e. The molecule has 1 aliphatic heterocycles. The number of hydrogen-bond donors (Lipinski definition) is 1. The Morgan fingerprint density at radius 2 is 1.59 bits per heavy atom. The third-order valence-corrected chi connectivity index (χ3v) is 5.17. The molecule has 1 saturated heterocycles. The van der Waals surface area contributed by atoms with Gasteiger partial charge in [0.25, 0.3) is 0 Å². The van der Waals surface area contributed by atoms with Crippen LogP contribution in [0, 0.1) is 22.2 Å². The lowest BCUT2D eigenvalue weighted by Crippen LogP contribution is -2.52. The summed E-state index contributed by atoms with van der Waals surface area (Å²) in [5.41, 5.74) is 1.70. The van der Waals surface area contributed by atoms with Crippen molar-refractivity contribution in [1.29, 1.82) is 0 Å². The van der Waals surface area contributed by atoms with Crippen LogP contribution in [-0.4, -0.2) is 13.1 Å². The number of nitrogens with one attached hydrogen (secondary N) is 1. The molecule has 0 aromatic carbocycles. The molecule has 0 aromatic rings. The summed E-state index contributed by atoms with van der Waals surface area (Å²) in [6.45, 7) is 14.8. The van der Waals surface area contributed by atoms with Crippen LogP contribution >= 0.6 is 0 Å². The Morgan fingerprint density at radius 1 is 1.00 bits per heavy atom. The molecular weight excluding hydrogens is 206 g/mol. The second kappa shape index (κ2) is 4.26. The molecule has 1 atom stereocenters. The van der Waals surface area contributed by atoms with E-state index in [2.05, 4.69) is 39.9 Å². The molecule has 100 valence electrons. The molecule has 2 fully saturated rings. The van der Waals surface area contributed by atoms with Crippen LogP contribution in [0.2, 0.25) is 0 Å². The van der Waals surface area contributed by atoms with Crippen molar-refractivity contribution in [2.75, 3.05) is 13.1 Å². The molecule has 1 saturated carbocycles. The first-order valence-corrected chi connectivity index (χ1v) is 7.49. The van der Waals surface area contributed by atoms with Crippen LogP contribution < -0.4 is 5.32 Å². The molecule has 0 bridgehead atoms. The van der Waals surface area contributed by atoms with Crippen molar-refractivity contribution in [2.45, 2.75) is 66.7 Å². The SMILES string of the molecule is CCC1CNCCC12CC(C)(C)CC(C)(C)C2. The summed E-state index contributed by atoms with van der Waals surface area (Å²) in [5.74, 6) is 0.898. The van der Waals surface area contributed by atoms with Crippen molar-refractivity contribution in [1.82, 2.24) is 5.32 Å². The minimum atomic E-state index is 0.534. The van der Waals surface area contributed by atoms with E-state index in [9.17, 15) is 0 Å². The zero-order valence-corrected chi connectivity index (χ0v) is 12.5. The summed E-state index contributed by atoms with van der Waals surface area (Å²) in [6.07, 6.45) is 7.04. The molecule has 1 spiro atoms. The van der Waals surface area contributed by atoms with Gasteiger partial charge in [-0.05, 0) is 60.9 Å². The van der Waals surface area contributed by atoms with Crippen molar-refractivity contribution >= 4 is 0 Å². The fourth-order valence-electron chi connectivity index (χ4n) is 5.47. The maximum atomic E-state index is 3.61. The van der Waals surface area contributed by atoms with Gasteiger partial charge in [0.15, 0.2) is 0 Å². The zero-order chi connectivity index (χ0) is 12.7. The van der Waals surface area contributed by atoms with Crippen molar-refractivity contribution in [3.05, 3.63) is 0 Å². The average molecular weight is 237 g/mol. The topological polar surface area (TPSA) is 12.0 Å². The maximum absolute atomic E-state index is 3.61. The van der Waals surface area contributed by atoms with E-state index in [1.807, 2.05) is 0 Å². The summed E-state index contributed by atoms with van der Waals surface area (Å²) < 4.78 is 0. The van der Waals surface area contributed by atoms with Gasteiger partial charge < -0.3 is 5.32 Å². The van der Waals surface area contributed by atoms with Gasteiger partial charge in [0.1, 0.15) is 0 Å². The van der Waals surface area contributed by atoms with Crippen molar-refractivity contribution in [3.8, 4) is 0 Å². The predicted octanol–water partition coefficient (Wildman–Crippen LogP) is 4.23. The van der Waals surface area contributed by atoms with Gasteiger partial charge in [-0.3, -0.25) is 0 Å². The summed E-state index contributed by atoms with van der Waals surface area (Å²) >= 11 is 0. The molecule has 0 amide bonds. The Bertz CT molecular complexity index is 261. The van der Waals surface area contributed by atoms with Gasteiger partial charge in [0.05, 0.1) is 0 Å². The van der Waals surface area contributed by atoms with Gasteiger partial charge in [0, 0.05) is 0 Å². The van der Waals surface area contributed by atoms with E-state index in [0.717, 1.165) is 5.92 Å². The third-order valence-electron chi connectivity index (χ3n) is 5.17. The molecule has 1 heterocycles. The first kappa shape index (κ1) is 13.4. The van der Waals surface area contributed by atoms with Crippen molar-refractivity contribution in [2.24, 2.45) is 22.2 Å². The highest BCUT2D eigenvalue weighted by Crippen LogP contribution is 2.59. The van der Waals surface area contributed by atoms with Crippen LogP contribution in [0.25, 0.3) is 0 Å². The van der Waals surface area contributed by atoms with E-state index in [1.54, 1.807) is 0 Å². The lowest BCUT2D eigenvalue weighted by atomic mass is 9.50. The molecular formula is C16H31N. The molecule has 1 unspecified atom stereocenters. The van der Waals surface area contributed by atoms with E-state index in [1.165, 1.54) is 45.2 Å². The van der Waals surface area contributed by atoms with Crippen LogP contribution in [0.3, 0.4) is 0 Å². The van der Waals surface area contributed by atoms with E-state index in [0.29, 0.717) is 16.2 Å². The summed E-state index contributed by atoms with van der Waals surface area (Å²) in [4.78, 5) is 0. The number of piperidine rings is 1. The zero-order valence-electron chi connectivity index (χ0n) is 12.5. The highest BCUT2D eigenvalue weighted by Gasteiger charge is 2.50. The van der Waals surface area contributed by atoms with Crippen molar-refractivity contribution in [3.63, 3.8) is 0 Å². The standard InChI is InChI=1S/C16H31N/c1-6-13-9-17-8-7-16(13)11-14(2,3)10-15(4,5)12-16/h13,17H,6-12H2,1-5H3. The predicted molar refractivity (Wildman–Crippen MR) is 75.1 cm³/mol. The Morgan fingerprint density at radius 3 is 2.12 bits per heavy atom. The molecule has 1 aliphatic carbocycles. The Hall–Kier alpha value is -0.0400. The van der Waals surface area contributed by atoms with Gasteiger partial charge in [-0.25, -0.2) is 0 Å². The third kappa shape index (κ3) is 2.70. The highest BCUT2D eigenvalue weighted by molar-refractivity contribution is 5.02. The van der Waals surface area contributed by atoms with Gasteiger partial charge >= 0.3 is 0 Å². The average Bonchev–Trinajstić information content (AvgIpc) is 2.12. The van der Waals surface area contributed by atoms with Gasteiger partial charge in [-0.15, -0.1) is 0 Å². The summed E-state index contributed by atoms with van der Waals surface area (Å²) in [6, 6.07) is 0. The van der Waals surface area contributed by atoms with Crippen LogP contribution in [0.5, 0.6) is 0 Å². The highest BCUT2D eigenvalue weighted by atomic mass is 14.9. The van der Waals surface area contributed by atoms with E-state index in [4.69, 9.17) is 0 Å². The largest absolute Gasteiger partial charge is 0.316 e. The quantitative estimate of drug-likeness (QED) is 0.719. The number of hydrogen-bond acceptors (Lipinski definition) is 1. The van der Waals surface area contributed by atoms with E-state index >= 15 is 0 Å². The molecule has 0 radical (unpaired) electrons. The molecule has 17 heavy (non-hydrogen) atoms. The first-order valence-electron chi connectivity index (χ1n) is 7.49. The van der Waals surface area contributed by atoms with E-state index < -0.39 is 0 Å². The second-order valence-corrected chi connectivity index (χ2v) is 8.28. The van der Waals surface area contributed by atoms with Crippen LogP contribution in [0.15, 0.2) is 0 Å². The Labute approximate surface area is 108 Å². The van der Waals surface area contributed by atoms with Gasteiger partial charge in [-0.1, -0.05) is 41.0 Å². The van der Waals surface area contributed by atoms with Crippen LogP contribution in [0.4, 0.5) is 0 Å². The molecule has 1 nitrogen and oxygen atoms in total. The smallest absolute Gasteiger partial charge is 0.00153 e. The lowest BCUT2D eigenvalue weighted by Gasteiger charge is -2.57. The molecule has 2 aliphatic rings. The minimum absolute atomic E-state index is 0.534. The summed E-state index contributed by atoms with van der Waals surface area (Å²) in [7, 11) is 0. The lowest BCUT2D eigenvalue weighted by molar-refractivity contribution is -0.0578. The Kier molecular flexibility index (Phi) is 3.36. The van der Waals surface area contributed by atoms with Crippen molar-refractivity contribution < 1.29 is 0 Å². The molecule has 1 heteroatoms.